The van der Waals surface area contributed by atoms with Crippen LogP contribution in [0, 0.1) is 13.8 Å². The topological polar surface area (TPSA) is 30.7 Å². The predicted octanol–water partition coefficient (Wildman–Crippen LogP) is 5.87. The van der Waals surface area contributed by atoms with Gasteiger partial charge in [0.2, 0.25) is 0 Å². The molecule has 0 atom stereocenters. The number of pyridine rings is 1. The number of rotatable bonds is 3. The second-order valence-corrected chi connectivity index (χ2v) is 7.44. The van der Waals surface area contributed by atoms with Gasteiger partial charge in [-0.05, 0) is 25.5 Å². The van der Waals surface area contributed by atoms with E-state index in [0.29, 0.717) is 0 Å². The van der Waals surface area contributed by atoms with Gasteiger partial charge < -0.3 is 4.57 Å². The van der Waals surface area contributed by atoms with E-state index in [0.717, 1.165) is 34.4 Å². The molecule has 5 rings (SSSR count). The Bertz CT molecular complexity index is 1230. The maximum atomic E-state index is 4.54. The van der Waals surface area contributed by atoms with Gasteiger partial charge in [0.1, 0.15) is 11.4 Å². The first-order valence-electron chi connectivity index (χ1n) is 9.56. The van der Waals surface area contributed by atoms with E-state index < -0.39 is 0 Å². The molecule has 2 heterocycles. The maximum absolute atomic E-state index is 4.54. The van der Waals surface area contributed by atoms with Gasteiger partial charge in [-0.15, -0.1) is 10.2 Å². The van der Waals surface area contributed by atoms with E-state index in [4.69, 9.17) is 0 Å². The van der Waals surface area contributed by atoms with E-state index >= 15 is 0 Å². The fourth-order valence-corrected chi connectivity index (χ4v) is 3.74. The summed E-state index contributed by atoms with van der Waals surface area (Å²) in [5, 5.41) is 10.2. The van der Waals surface area contributed by atoms with Crippen LogP contribution in [0.1, 0.15) is 16.7 Å². The minimum Gasteiger partial charge on any atom is -0.342 e. The summed E-state index contributed by atoms with van der Waals surface area (Å²) in [5.74, 6) is 0. The Kier molecular flexibility index (Phi) is 3.94. The average molecular weight is 363 g/mol. The standard InChI is InChI=1S/C25H21N3/c1-17-7-11-19(12-8-17)15-28-16-22-24(20-13-9-18(2)10-14-20)26-27-25(22)21-5-3-4-6-23(21)28/h3-14,16H,15H2,1-2H3. The molecule has 3 aromatic carbocycles. The molecule has 28 heavy (non-hydrogen) atoms. The summed E-state index contributed by atoms with van der Waals surface area (Å²) in [7, 11) is 0. The SMILES string of the molecule is Cc1ccc(Cn2cc3c(-c4ccc(C)cc4)nnc-3c3ccccc32)cc1. The predicted molar refractivity (Wildman–Crippen MR) is 115 cm³/mol. The molecule has 0 spiro atoms. The molecule has 3 nitrogen and oxygen atoms in total. The third-order valence-corrected chi connectivity index (χ3v) is 5.31. The van der Waals surface area contributed by atoms with E-state index in [2.05, 4.69) is 108 Å². The monoisotopic (exact) mass is 363 g/mol. The van der Waals surface area contributed by atoms with Crippen molar-refractivity contribution >= 4 is 10.9 Å². The maximum Gasteiger partial charge on any atom is 0.106 e. The summed E-state index contributed by atoms with van der Waals surface area (Å²) >= 11 is 0. The number of para-hydroxylation sites is 1. The third kappa shape index (κ3) is 2.85. The van der Waals surface area contributed by atoms with Crippen molar-refractivity contribution < 1.29 is 0 Å². The molecule has 2 aliphatic rings. The van der Waals surface area contributed by atoms with Crippen LogP contribution in [0.3, 0.4) is 0 Å². The van der Waals surface area contributed by atoms with Gasteiger partial charge in [-0.2, -0.15) is 0 Å². The Morgan fingerprint density at radius 3 is 2.11 bits per heavy atom. The lowest BCUT2D eigenvalue weighted by molar-refractivity contribution is 0.828. The van der Waals surface area contributed by atoms with Crippen LogP contribution in [0.15, 0.2) is 79.0 Å². The number of fused-ring (bicyclic) bond motifs is 3. The second kappa shape index (κ2) is 6.61. The highest BCUT2D eigenvalue weighted by molar-refractivity contribution is 5.98. The minimum absolute atomic E-state index is 0.815. The van der Waals surface area contributed by atoms with Gasteiger partial charge in [-0.1, -0.05) is 77.9 Å². The van der Waals surface area contributed by atoms with Crippen molar-refractivity contribution in [2.45, 2.75) is 20.4 Å². The molecule has 3 heteroatoms. The van der Waals surface area contributed by atoms with Crippen LogP contribution < -0.4 is 0 Å². The number of benzene rings is 3. The first-order chi connectivity index (χ1) is 13.7. The molecule has 3 aromatic rings. The first-order valence-corrected chi connectivity index (χ1v) is 9.56. The van der Waals surface area contributed by atoms with E-state index in [1.54, 1.807) is 0 Å². The van der Waals surface area contributed by atoms with E-state index in [1.165, 1.54) is 22.2 Å². The summed E-state index contributed by atoms with van der Waals surface area (Å²) in [6.45, 7) is 5.03. The summed E-state index contributed by atoms with van der Waals surface area (Å²) in [6.07, 6.45) is 2.20. The highest BCUT2D eigenvalue weighted by Gasteiger charge is 2.19. The lowest BCUT2D eigenvalue weighted by Crippen LogP contribution is -2.04. The van der Waals surface area contributed by atoms with E-state index in [9.17, 15) is 0 Å². The fourth-order valence-electron chi connectivity index (χ4n) is 3.74. The highest BCUT2D eigenvalue weighted by atomic mass is 15.1. The lowest BCUT2D eigenvalue weighted by Gasteiger charge is -2.15. The van der Waals surface area contributed by atoms with Gasteiger partial charge in [0, 0.05) is 29.3 Å². The van der Waals surface area contributed by atoms with Crippen LogP contribution in [0.5, 0.6) is 0 Å². The van der Waals surface area contributed by atoms with Gasteiger partial charge in [0.25, 0.3) is 0 Å². The third-order valence-electron chi connectivity index (χ3n) is 5.31. The van der Waals surface area contributed by atoms with Crippen LogP contribution in [0.2, 0.25) is 0 Å². The molecule has 2 aliphatic heterocycles. The average Bonchev–Trinajstić information content (AvgIpc) is 3.14. The van der Waals surface area contributed by atoms with Gasteiger partial charge in [-0.3, -0.25) is 0 Å². The normalized spacial score (nSPS) is 11.4. The summed E-state index contributed by atoms with van der Waals surface area (Å²) < 4.78 is 2.31. The Labute approximate surface area is 164 Å². The van der Waals surface area contributed by atoms with Gasteiger partial charge >= 0.3 is 0 Å². The number of hydrogen-bond acceptors (Lipinski definition) is 2. The van der Waals surface area contributed by atoms with E-state index in [1.807, 2.05) is 0 Å². The minimum atomic E-state index is 0.815. The van der Waals surface area contributed by atoms with Crippen LogP contribution in [0.25, 0.3) is 33.4 Å². The van der Waals surface area contributed by atoms with E-state index in [-0.39, 0.29) is 0 Å². The van der Waals surface area contributed by atoms with Crippen molar-refractivity contribution in [2.24, 2.45) is 0 Å². The van der Waals surface area contributed by atoms with Crippen molar-refractivity contribution in [3.63, 3.8) is 0 Å². The largest absolute Gasteiger partial charge is 0.342 e. The molecule has 0 aromatic heterocycles. The number of aromatic nitrogens is 3. The molecule has 136 valence electrons. The molecule has 0 amide bonds. The quantitative estimate of drug-likeness (QED) is 0.401. The fraction of sp³-hybridized carbons (Fsp3) is 0.120. The second-order valence-electron chi connectivity index (χ2n) is 7.44. The Hall–Kier alpha value is -3.46. The van der Waals surface area contributed by atoms with Crippen molar-refractivity contribution in [1.29, 1.82) is 0 Å². The lowest BCUT2D eigenvalue weighted by atomic mass is 10.0. The molecule has 0 radical (unpaired) electrons. The molecule has 0 N–H and O–H groups in total. The summed E-state index contributed by atoms with van der Waals surface area (Å²) in [4.78, 5) is 0. The molecule has 0 unspecified atom stereocenters. The van der Waals surface area contributed by atoms with Crippen molar-refractivity contribution in [3.8, 4) is 22.5 Å². The summed E-state index contributed by atoms with van der Waals surface area (Å²) in [5.41, 5.74) is 9.08. The van der Waals surface area contributed by atoms with Gasteiger partial charge in [0.15, 0.2) is 0 Å². The van der Waals surface area contributed by atoms with Gasteiger partial charge in [0.05, 0.1) is 5.52 Å². The highest BCUT2D eigenvalue weighted by Crippen LogP contribution is 2.36. The number of aryl methyl sites for hydroxylation is 2. The van der Waals surface area contributed by atoms with Crippen molar-refractivity contribution in [2.75, 3.05) is 0 Å². The first kappa shape index (κ1) is 16.7. The molecular formula is C25H21N3. The zero-order valence-corrected chi connectivity index (χ0v) is 16.1. The molecule has 0 saturated heterocycles. The van der Waals surface area contributed by atoms with Crippen LogP contribution in [-0.4, -0.2) is 14.8 Å². The van der Waals surface area contributed by atoms with Crippen molar-refractivity contribution in [1.82, 2.24) is 14.8 Å². The Morgan fingerprint density at radius 1 is 0.714 bits per heavy atom. The zero-order valence-electron chi connectivity index (χ0n) is 16.1. The molecule has 0 fully saturated rings. The Balaban J connectivity index is 1.71. The molecule has 0 aliphatic carbocycles. The van der Waals surface area contributed by atoms with Crippen LogP contribution in [-0.2, 0) is 6.54 Å². The van der Waals surface area contributed by atoms with Crippen LogP contribution >= 0.6 is 0 Å². The zero-order chi connectivity index (χ0) is 19.1. The Morgan fingerprint density at radius 2 is 1.36 bits per heavy atom. The summed E-state index contributed by atoms with van der Waals surface area (Å²) in [6, 6.07) is 25.7. The number of hydrogen-bond donors (Lipinski definition) is 0. The van der Waals surface area contributed by atoms with Crippen LogP contribution in [0.4, 0.5) is 0 Å². The van der Waals surface area contributed by atoms with Gasteiger partial charge in [-0.25, -0.2) is 0 Å². The smallest absolute Gasteiger partial charge is 0.106 e. The molecule has 0 bridgehead atoms. The number of nitrogens with zero attached hydrogens (tertiary/aromatic N) is 3. The molecule has 0 saturated carbocycles. The molecular weight excluding hydrogens is 342 g/mol. The van der Waals surface area contributed by atoms with Crippen molar-refractivity contribution in [3.05, 3.63) is 95.7 Å².